The summed E-state index contributed by atoms with van der Waals surface area (Å²) in [5.41, 5.74) is 3.31. The molecule has 2 nitrogen and oxygen atoms in total. The van der Waals surface area contributed by atoms with E-state index in [9.17, 15) is 9.18 Å². The predicted octanol–water partition coefficient (Wildman–Crippen LogP) is 4.33. The highest BCUT2D eigenvalue weighted by Gasteiger charge is 2.12. The highest BCUT2D eigenvalue weighted by molar-refractivity contribution is 5.76. The Morgan fingerprint density at radius 2 is 1.73 bits per heavy atom. The molecule has 0 aliphatic carbocycles. The molecule has 0 radical (unpaired) electrons. The second kappa shape index (κ2) is 7.74. The van der Waals surface area contributed by atoms with E-state index >= 15 is 0 Å². The summed E-state index contributed by atoms with van der Waals surface area (Å²) in [6.07, 6.45) is 1.88. The van der Waals surface area contributed by atoms with Gasteiger partial charge in [-0.3, -0.25) is 4.79 Å². The molecule has 2 rings (SSSR count). The molecule has 0 unspecified atom stereocenters. The second-order valence-corrected chi connectivity index (χ2v) is 5.57. The summed E-state index contributed by atoms with van der Waals surface area (Å²) in [6.45, 7) is 4.11. The fraction of sp³-hybridized carbons (Fsp3) is 0.316. The van der Waals surface area contributed by atoms with E-state index in [1.54, 1.807) is 12.1 Å². The first kappa shape index (κ1) is 16.2. The smallest absolute Gasteiger partial charge is 0.220 e. The van der Waals surface area contributed by atoms with Gasteiger partial charge in [0.25, 0.3) is 0 Å². The largest absolute Gasteiger partial charge is 0.349 e. The molecule has 0 bridgehead atoms. The third-order valence-corrected chi connectivity index (χ3v) is 3.78. The summed E-state index contributed by atoms with van der Waals surface area (Å²) in [5, 5.41) is 3.07. The second-order valence-electron chi connectivity index (χ2n) is 5.57. The van der Waals surface area contributed by atoms with Crippen LogP contribution in [-0.4, -0.2) is 5.91 Å². The number of carbonyl (C=O) groups excluding carboxylic acids is 1. The zero-order valence-electron chi connectivity index (χ0n) is 13.1. The number of hydrogen-bond donors (Lipinski definition) is 1. The molecule has 22 heavy (non-hydrogen) atoms. The van der Waals surface area contributed by atoms with Gasteiger partial charge in [0.05, 0.1) is 6.04 Å². The van der Waals surface area contributed by atoms with Crippen molar-refractivity contribution in [2.75, 3.05) is 0 Å². The standard InChI is InChI=1S/C19H22FNO/c1-3-18(16-9-4-14(2)5-10-16)21-19(22)13-8-15-6-11-17(20)12-7-15/h4-7,9-12,18H,3,8,13H2,1-2H3,(H,21,22)/t18-/m0/s1. The maximum atomic E-state index is 12.8. The van der Waals surface area contributed by atoms with Gasteiger partial charge in [-0.15, -0.1) is 0 Å². The molecule has 1 atom stereocenters. The van der Waals surface area contributed by atoms with Crippen LogP contribution in [-0.2, 0) is 11.2 Å². The van der Waals surface area contributed by atoms with Crippen molar-refractivity contribution < 1.29 is 9.18 Å². The van der Waals surface area contributed by atoms with Crippen molar-refractivity contribution in [1.29, 1.82) is 0 Å². The first-order valence-electron chi connectivity index (χ1n) is 7.69. The Labute approximate surface area is 131 Å². The van der Waals surface area contributed by atoms with E-state index in [0.29, 0.717) is 12.8 Å². The van der Waals surface area contributed by atoms with Crippen LogP contribution in [0.4, 0.5) is 4.39 Å². The molecule has 0 heterocycles. The van der Waals surface area contributed by atoms with E-state index in [0.717, 1.165) is 17.5 Å². The lowest BCUT2D eigenvalue weighted by molar-refractivity contribution is -0.121. The van der Waals surface area contributed by atoms with Crippen molar-refractivity contribution in [3.05, 3.63) is 71.0 Å². The van der Waals surface area contributed by atoms with Crippen LogP contribution in [0.2, 0.25) is 0 Å². The Morgan fingerprint density at radius 1 is 1.09 bits per heavy atom. The first-order valence-corrected chi connectivity index (χ1v) is 7.69. The average Bonchev–Trinajstić information content (AvgIpc) is 2.53. The van der Waals surface area contributed by atoms with E-state index < -0.39 is 0 Å². The van der Waals surface area contributed by atoms with Gasteiger partial charge in [0.2, 0.25) is 5.91 Å². The Balaban J connectivity index is 1.89. The fourth-order valence-electron chi connectivity index (χ4n) is 2.40. The molecule has 0 aromatic heterocycles. The summed E-state index contributed by atoms with van der Waals surface area (Å²) in [7, 11) is 0. The van der Waals surface area contributed by atoms with E-state index in [4.69, 9.17) is 0 Å². The molecule has 0 fully saturated rings. The Hall–Kier alpha value is -2.16. The van der Waals surface area contributed by atoms with Gasteiger partial charge in [0.1, 0.15) is 5.82 Å². The van der Waals surface area contributed by atoms with Gasteiger partial charge < -0.3 is 5.32 Å². The van der Waals surface area contributed by atoms with Crippen LogP contribution in [0, 0.1) is 12.7 Å². The summed E-state index contributed by atoms with van der Waals surface area (Å²) in [5.74, 6) is -0.227. The lowest BCUT2D eigenvalue weighted by Gasteiger charge is -2.17. The number of amides is 1. The van der Waals surface area contributed by atoms with Crippen LogP contribution in [0.3, 0.4) is 0 Å². The van der Waals surface area contributed by atoms with Crippen molar-refractivity contribution in [2.24, 2.45) is 0 Å². The number of hydrogen-bond acceptors (Lipinski definition) is 1. The molecule has 0 aliphatic heterocycles. The van der Waals surface area contributed by atoms with E-state index in [1.165, 1.54) is 17.7 Å². The fourth-order valence-corrected chi connectivity index (χ4v) is 2.40. The Kier molecular flexibility index (Phi) is 5.70. The maximum absolute atomic E-state index is 12.8. The molecule has 2 aromatic carbocycles. The molecule has 2 aromatic rings. The van der Waals surface area contributed by atoms with Crippen molar-refractivity contribution in [2.45, 2.75) is 39.2 Å². The van der Waals surface area contributed by atoms with Crippen molar-refractivity contribution in [3.63, 3.8) is 0 Å². The molecular formula is C19H22FNO. The molecule has 3 heteroatoms. The number of carbonyl (C=O) groups is 1. The summed E-state index contributed by atoms with van der Waals surface area (Å²) >= 11 is 0. The van der Waals surface area contributed by atoms with Crippen LogP contribution in [0.1, 0.15) is 42.5 Å². The highest BCUT2D eigenvalue weighted by atomic mass is 19.1. The van der Waals surface area contributed by atoms with Crippen LogP contribution < -0.4 is 5.32 Å². The van der Waals surface area contributed by atoms with Crippen LogP contribution in [0.5, 0.6) is 0 Å². The average molecular weight is 299 g/mol. The third kappa shape index (κ3) is 4.69. The summed E-state index contributed by atoms with van der Waals surface area (Å²) < 4.78 is 12.8. The van der Waals surface area contributed by atoms with Gasteiger partial charge in [-0.25, -0.2) is 4.39 Å². The Morgan fingerprint density at radius 3 is 2.32 bits per heavy atom. The molecule has 0 saturated heterocycles. The van der Waals surface area contributed by atoms with E-state index in [2.05, 4.69) is 36.5 Å². The highest BCUT2D eigenvalue weighted by Crippen LogP contribution is 2.17. The van der Waals surface area contributed by atoms with Crippen LogP contribution >= 0.6 is 0 Å². The van der Waals surface area contributed by atoms with Gasteiger partial charge in [-0.05, 0) is 43.0 Å². The molecule has 0 aliphatic rings. The topological polar surface area (TPSA) is 29.1 Å². The van der Waals surface area contributed by atoms with Gasteiger partial charge in [0, 0.05) is 6.42 Å². The minimum Gasteiger partial charge on any atom is -0.349 e. The minimum atomic E-state index is -0.251. The third-order valence-electron chi connectivity index (χ3n) is 3.78. The van der Waals surface area contributed by atoms with Crippen molar-refractivity contribution >= 4 is 5.91 Å². The Bertz CT molecular complexity index is 604. The summed E-state index contributed by atoms with van der Waals surface area (Å²) in [6, 6.07) is 14.6. The summed E-state index contributed by atoms with van der Waals surface area (Å²) in [4.78, 5) is 12.1. The number of benzene rings is 2. The quantitative estimate of drug-likeness (QED) is 0.845. The molecule has 0 spiro atoms. The molecular weight excluding hydrogens is 277 g/mol. The monoisotopic (exact) mass is 299 g/mol. The lowest BCUT2D eigenvalue weighted by atomic mass is 10.0. The van der Waals surface area contributed by atoms with E-state index in [1.807, 2.05) is 6.92 Å². The van der Waals surface area contributed by atoms with Gasteiger partial charge >= 0.3 is 0 Å². The predicted molar refractivity (Wildman–Crippen MR) is 87.1 cm³/mol. The lowest BCUT2D eigenvalue weighted by Crippen LogP contribution is -2.28. The molecule has 1 N–H and O–H groups in total. The van der Waals surface area contributed by atoms with Gasteiger partial charge in [0.15, 0.2) is 0 Å². The number of halogens is 1. The zero-order valence-corrected chi connectivity index (χ0v) is 13.1. The molecule has 1 amide bonds. The molecule has 116 valence electrons. The first-order chi connectivity index (χ1) is 10.6. The van der Waals surface area contributed by atoms with E-state index in [-0.39, 0.29) is 17.8 Å². The number of aryl methyl sites for hydroxylation is 2. The number of nitrogens with one attached hydrogen (secondary N) is 1. The maximum Gasteiger partial charge on any atom is 0.220 e. The van der Waals surface area contributed by atoms with Crippen molar-refractivity contribution in [1.82, 2.24) is 5.32 Å². The van der Waals surface area contributed by atoms with Gasteiger partial charge in [-0.1, -0.05) is 48.9 Å². The number of rotatable bonds is 6. The van der Waals surface area contributed by atoms with Crippen LogP contribution in [0.15, 0.2) is 48.5 Å². The van der Waals surface area contributed by atoms with Crippen LogP contribution in [0.25, 0.3) is 0 Å². The molecule has 0 saturated carbocycles. The zero-order chi connectivity index (χ0) is 15.9. The van der Waals surface area contributed by atoms with Gasteiger partial charge in [-0.2, -0.15) is 0 Å². The van der Waals surface area contributed by atoms with Crippen molar-refractivity contribution in [3.8, 4) is 0 Å². The SMILES string of the molecule is CC[C@H](NC(=O)CCc1ccc(F)cc1)c1ccc(C)cc1. The normalized spacial score (nSPS) is 12.0. The minimum absolute atomic E-state index is 0.0248.